The maximum absolute atomic E-state index is 10.7. The summed E-state index contributed by atoms with van der Waals surface area (Å²) in [6.45, 7) is 0. The molecule has 0 aromatic heterocycles. The third kappa shape index (κ3) is 2.98. The van der Waals surface area contributed by atoms with Crippen LogP contribution in [0.5, 0.6) is 0 Å². The molecule has 0 heterocycles. The number of nitrogens with zero attached hydrogens (tertiary/aromatic N) is 1. The Morgan fingerprint density at radius 2 is 2.12 bits per heavy atom. The quantitative estimate of drug-likeness (QED) is 0.497. The molecule has 3 heteroatoms. The summed E-state index contributed by atoms with van der Waals surface area (Å²) >= 11 is 0. The second-order valence-electron chi connectivity index (χ2n) is 1.83. The molecule has 0 aromatic carbocycles. The average molecular weight is 133 g/mol. The Morgan fingerprint density at radius 1 is 1.62 bits per heavy atom. The Labute approximate surface area is 52.5 Å². The fourth-order valence-corrected chi connectivity index (χ4v) is 0.594. The molecule has 0 saturated heterocycles. The van der Waals surface area contributed by atoms with Crippen LogP contribution in [-0.2, 0) is 4.79 Å². The van der Waals surface area contributed by atoms with Crippen LogP contribution in [0.4, 0.5) is 0 Å². The van der Waals surface area contributed by atoms with Crippen LogP contribution in [0, 0.1) is 0 Å². The van der Waals surface area contributed by atoms with Crippen LogP contribution in [0.25, 0.3) is 0 Å². The van der Waals surface area contributed by atoms with Crippen LogP contribution in [0.3, 0.4) is 0 Å². The average Bonchev–Trinajstić information content (AvgIpc) is 1.67. The molecule has 0 aromatic rings. The Bertz CT molecular complexity index is 82.5. The first kappa shape index (κ1) is 7.90. The summed E-state index contributed by atoms with van der Waals surface area (Å²) in [5.74, 6) is 0.194. The van der Waals surface area contributed by atoms with E-state index in [0.29, 0.717) is 6.42 Å². The normalized spacial score (nSPS) is 8.88. The lowest BCUT2D eigenvalue weighted by Gasteiger charge is -2.07. The van der Waals surface area contributed by atoms with Crippen molar-refractivity contribution in [3.63, 3.8) is 0 Å². The second-order valence-corrected chi connectivity index (χ2v) is 2.40. The van der Waals surface area contributed by atoms with Crippen LogP contribution >= 0.6 is 9.24 Å². The monoisotopic (exact) mass is 133 g/mol. The molecular formula is C5H12NOP. The van der Waals surface area contributed by atoms with E-state index >= 15 is 0 Å². The standard InChI is InChI=1S/C5H12NOP/c1-6(2)5(7)3-4-8/h3-4,8H2,1-2H3. The van der Waals surface area contributed by atoms with Crippen molar-refractivity contribution in [1.29, 1.82) is 0 Å². The van der Waals surface area contributed by atoms with Crippen molar-refractivity contribution >= 4 is 15.1 Å². The molecule has 0 saturated carbocycles. The van der Waals surface area contributed by atoms with Gasteiger partial charge in [0.05, 0.1) is 0 Å². The smallest absolute Gasteiger partial charge is 0.222 e. The predicted molar refractivity (Wildman–Crippen MR) is 37.9 cm³/mol. The van der Waals surface area contributed by atoms with Crippen LogP contribution < -0.4 is 0 Å². The molecule has 1 amide bonds. The van der Waals surface area contributed by atoms with Crippen molar-refractivity contribution in [3.8, 4) is 0 Å². The molecule has 0 aliphatic rings. The van der Waals surface area contributed by atoms with Crippen LogP contribution in [-0.4, -0.2) is 31.1 Å². The van der Waals surface area contributed by atoms with Gasteiger partial charge >= 0.3 is 0 Å². The highest BCUT2D eigenvalue weighted by atomic mass is 31.0. The fraction of sp³-hybridized carbons (Fsp3) is 0.800. The van der Waals surface area contributed by atoms with E-state index < -0.39 is 0 Å². The minimum absolute atomic E-state index is 0.194. The maximum Gasteiger partial charge on any atom is 0.222 e. The van der Waals surface area contributed by atoms with Crippen LogP contribution in [0.15, 0.2) is 0 Å². The van der Waals surface area contributed by atoms with Gasteiger partial charge in [-0.15, -0.1) is 9.24 Å². The number of carbonyl (C=O) groups is 1. The zero-order valence-corrected chi connectivity index (χ0v) is 6.50. The van der Waals surface area contributed by atoms with Crippen molar-refractivity contribution in [2.45, 2.75) is 6.42 Å². The molecule has 2 nitrogen and oxygen atoms in total. The minimum atomic E-state index is 0.194. The van der Waals surface area contributed by atoms with E-state index in [0.717, 1.165) is 6.16 Å². The fourth-order valence-electron chi connectivity index (χ4n) is 0.347. The summed E-state index contributed by atoms with van der Waals surface area (Å²) in [7, 11) is 6.05. The molecule has 0 N–H and O–H groups in total. The van der Waals surface area contributed by atoms with E-state index in [2.05, 4.69) is 9.24 Å². The topological polar surface area (TPSA) is 20.3 Å². The van der Waals surface area contributed by atoms with E-state index in [-0.39, 0.29) is 5.91 Å². The van der Waals surface area contributed by atoms with E-state index in [4.69, 9.17) is 0 Å². The molecule has 1 atom stereocenters. The summed E-state index contributed by atoms with van der Waals surface area (Å²) in [5.41, 5.74) is 0. The predicted octanol–water partition coefficient (Wildman–Crippen LogP) is 0.340. The van der Waals surface area contributed by atoms with Gasteiger partial charge in [-0.3, -0.25) is 4.79 Å². The minimum Gasteiger partial charge on any atom is -0.349 e. The number of hydrogen-bond donors (Lipinski definition) is 0. The Balaban J connectivity index is 3.33. The molecule has 0 rings (SSSR count). The maximum atomic E-state index is 10.7. The lowest BCUT2D eigenvalue weighted by atomic mass is 10.4. The molecule has 0 aliphatic carbocycles. The Morgan fingerprint density at radius 3 is 2.25 bits per heavy atom. The highest BCUT2D eigenvalue weighted by molar-refractivity contribution is 7.16. The zero-order chi connectivity index (χ0) is 6.57. The summed E-state index contributed by atoms with van der Waals surface area (Å²) in [4.78, 5) is 12.3. The largest absolute Gasteiger partial charge is 0.349 e. The highest BCUT2D eigenvalue weighted by Crippen LogP contribution is 1.90. The number of rotatable bonds is 2. The molecule has 0 fully saturated rings. The van der Waals surface area contributed by atoms with Crippen LogP contribution in [0.2, 0.25) is 0 Å². The zero-order valence-electron chi connectivity index (χ0n) is 5.35. The molecular weight excluding hydrogens is 121 g/mol. The lowest BCUT2D eigenvalue weighted by molar-refractivity contribution is -0.128. The number of hydrogen-bond acceptors (Lipinski definition) is 1. The van der Waals surface area contributed by atoms with Gasteiger partial charge in [-0.1, -0.05) is 0 Å². The highest BCUT2D eigenvalue weighted by Gasteiger charge is 1.98. The molecule has 0 spiro atoms. The van der Waals surface area contributed by atoms with Gasteiger partial charge in [-0.25, -0.2) is 0 Å². The van der Waals surface area contributed by atoms with Gasteiger partial charge in [0, 0.05) is 20.5 Å². The molecule has 0 aliphatic heterocycles. The summed E-state index contributed by atoms with van der Waals surface area (Å²) < 4.78 is 0. The van der Waals surface area contributed by atoms with E-state index in [9.17, 15) is 4.79 Å². The van der Waals surface area contributed by atoms with Crippen molar-refractivity contribution in [2.24, 2.45) is 0 Å². The van der Waals surface area contributed by atoms with Gasteiger partial charge < -0.3 is 4.90 Å². The molecule has 0 bridgehead atoms. The van der Waals surface area contributed by atoms with Crippen molar-refractivity contribution in [3.05, 3.63) is 0 Å². The second kappa shape index (κ2) is 3.85. The summed E-state index contributed by atoms with van der Waals surface area (Å²) in [6.07, 6.45) is 1.49. The van der Waals surface area contributed by atoms with Crippen molar-refractivity contribution < 1.29 is 4.79 Å². The number of carbonyl (C=O) groups excluding carboxylic acids is 1. The summed E-state index contributed by atoms with van der Waals surface area (Å²) in [5, 5.41) is 0. The Hall–Kier alpha value is -0.100. The summed E-state index contributed by atoms with van der Waals surface area (Å²) in [6, 6.07) is 0. The first-order chi connectivity index (χ1) is 3.68. The van der Waals surface area contributed by atoms with Crippen molar-refractivity contribution in [1.82, 2.24) is 4.90 Å². The Kier molecular flexibility index (Phi) is 3.80. The van der Waals surface area contributed by atoms with Gasteiger partial charge in [0.25, 0.3) is 0 Å². The van der Waals surface area contributed by atoms with Gasteiger partial charge in [0.1, 0.15) is 0 Å². The first-order valence-corrected chi connectivity index (χ1v) is 3.40. The third-order valence-electron chi connectivity index (χ3n) is 0.857. The van der Waals surface area contributed by atoms with Crippen molar-refractivity contribution in [2.75, 3.05) is 20.3 Å². The number of amides is 1. The van der Waals surface area contributed by atoms with E-state index in [1.807, 2.05) is 0 Å². The van der Waals surface area contributed by atoms with E-state index in [1.54, 1.807) is 19.0 Å². The SMILES string of the molecule is CN(C)C(=O)CCP. The molecule has 8 heavy (non-hydrogen) atoms. The van der Waals surface area contributed by atoms with E-state index in [1.165, 1.54) is 0 Å². The van der Waals surface area contributed by atoms with Gasteiger partial charge in [-0.05, 0) is 6.16 Å². The van der Waals surface area contributed by atoms with Gasteiger partial charge in [0.15, 0.2) is 0 Å². The molecule has 48 valence electrons. The third-order valence-corrected chi connectivity index (χ3v) is 1.15. The first-order valence-electron chi connectivity index (χ1n) is 2.58. The van der Waals surface area contributed by atoms with Gasteiger partial charge in [-0.2, -0.15) is 0 Å². The van der Waals surface area contributed by atoms with Crippen LogP contribution in [0.1, 0.15) is 6.42 Å². The molecule has 0 radical (unpaired) electrons. The van der Waals surface area contributed by atoms with Gasteiger partial charge in [0.2, 0.25) is 5.91 Å². The lowest BCUT2D eigenvalue weighted by Crippen LogP contribution is -2.21. The molecule has 1 unspecified atom stereocenters.